The van der Waals surface area contributed by atoms with Crippen LogP contribution in [-0.4, -0.2) is 29.7 Å². The topological polar surface area (TPSA) is 29.5 Å². The zero-order valence-corrected chi connectivity index (χ0v) is 14.5. The number of carbonyl (C=O) groups is 1. The summed E-state index contributed by atoms with van der Waals surface area (Å²) < 4.78 is 5.45. The number of hydrogen-bond donors (Lipinski definition) is 0. The van der Waals surface area contributed by atoms with Crippen molar-refractivity contribution in [3.05, 3.63) is 41.0 Å². The van der Waals surface area contributed by atoms with Crippen molar-refractivity contribution < 1.29 is 9.53 Å². The van der Waals surface area contributed by atoms with Crippen molar-refractivity contribution in [2.24, 2.45) is 0 Å². The molecule has 0 aromatic heterocycles. The Hall–Kier alpha value is -1.77. The van der Waals surface area contributed by atoms with Crippen molar-refractivity contribution in [1.29, 1.82) is 0 Å². The zero-order chi connectivity index (χ0) is 16.4. The van der Waals surface area contributed by atoms with E-state index in [-0.39, 0.29) is 6.09 Å². The lowest BCUT2D eigenvalue weighted by atomic mass is 9.88. The first kappa shape index (κ1) is 16.1. The summed E-state index contributed by atoms with van der Waals surface area (Å²) in [6.45, 7) is 7.09. The van der Waals surface area contributed by atoms with Gasteiger partial charge in [0.1, 0.15) is 5.60 Å². The highest BCUT2D eigenvalue weighted by molar-refractivity contribution is 5.73. The number of ether oxygens (including phenoxy) is 1. The number of fused-ring (bicyclic) bond motifs is 1. The second-order valence-electron chi connectivity index (χ2n) is 7.60. The highest BCUT2D eigenvalue weighted by Gasteiger charge is 2.24. The van der Waals surface area contributed by atoms with E-state index < -0.39 is 5.60 Å². The average molecular weight is 313 g/mol. The van der Waals surface area contributed by atoms with E-state index in [2.05, 4.69) is 24.3 Å². The molecule has 0 fully saturated rings. The third-order valence-corrected chi connectivity index (χ3v) is 4.58. The van der Waals surface area contributed by atoms with Gasteiger partial charge in [-0.2, -0.15) is 0 Å². The van der Waals surface area contributed by atoms with Gasteiger partial charge >= 0.3 is 6.09 Å². The van der Waals surface area contributed by atoms with Gasteiger partial charge < -0.3 is 9.64 Å². The molecule has 1 aromatic rings. The van der Waals surface area contributed by atoms with Gasteiger partial charge in [0.2, 0.25) is 0 Å². The van der Waals surface area contributed by atoms with Gasteiger partial charge in [-0.1, -0.05) is 24.3 Å². The molecule has 23 heavy (non-hydrogen) atoms. The van der Waals surface area contributed by atoms with E-state index in [1.54, 1.807) is 4.90 Å². The molecule has 1 aliphatic carbocycles. The monoisotopic (exact) mass is 313 g/mol. The number of benzene rings is 1. The molecule has 124 valence electrons. The Bertz CT molecular complexity index is 625. The van der Waals surface area contributed by atoms with E-state index in [4.69, 9.17) is 4.74 Å². The van der Waals surface area contributed by atoms with Crippen LogP contribution in [0.1, 0.15) is 56.7 Å². The fourth-order valence-electron chi connectivity index (χ4n) is 3.36. The number of nitrogens with zero attached hydrogens (tertiary/aromatic N) is 1. The minimum absolute atomic E-state index is 0.210. The summed E-state index contributed by atoms with van der Waals surface area (Å²) in [5.74, 6) is 0. The Morgan fingerprint density at radius 3 is 2.48 bits per heavy atom. The molecule has 0 bridgehead atoms. The van der Waals surface area contributed by atoms with Gasteiger partial charge in [0.25, 0.3) is 0 Å². The third kappa shape index (κ3) is 3.95. The lowest BCUT2D eigenvalue weighted by Crippen LogP contribution is -2.39. The van der Waals surface area contributed by atoms with Crippen LogP contribution in [-0.2, 0) is 17.6 Å². The van der Waals surface area contributed by atoms with E-state index in [1.165, 1.54) is 47.9 Å². The molecule has 0 saturated heterocycles. The molecular formula is C20H27NO2. The van der Waals surface area contributed by atoms with Gasteiger partial charge in [0, 0.05) is 13.1 Å². The van der Waals surface area contributed by atoms with Gasteiger partial charge in [0.15, 0.2) is 0 Å². The Kier molecular flexibility index (Phi) is 4.47. The molecule has 3 nitrogen and oxygen atoms in total. The first-order valence-corrected chi connectivity index (χ1v) is 8.71. The van der Waals surface area contributed by atoms with Crippen molar-refractivity contribution in [3.8, 4) is 0 Å². The standard InChI is InChI=1S/C20H27NO2/c1-20(2,3)23-19(22)21-12-10-16(11-13-21)18-9-8-15-6-4-5-7-17(15)14-18/h8-10,14H,4-7,11-13H2,1-3H3. The first-order chi connectivity index (χ1) is 10.9. The number of carbonyl (C=O) groups excluding carboxylic acids is 1. The molecule has 0 spiro atoms. The summed E-state index contributed by atoms with van der Waals surface area (Å²) in [5, 5.41) is 0. The van der Waals surface area contributed by atoms with Gasteiger partial charge in [-0.15, -0.1) is 0 Å². The molecule has 0 atom stereocenters. The van der Waals surface area contributed by atoms with Gasteiger partial charge in [-0.3, -0.25) is 0 Å². The van der Waals surface area contributed by atoms with Gasteiger partial charge in [-0.05, 0) is 75.1 Å². The molecule has 3 heteroatoms. The smallest absolute Gasteiger partial charge is 0.410 e. The highest BCUT2D eigenvalue weighted by atomic mass is 16.6. The fraction of sp³-hybridized carbons (Fsp3) is 0.550. The highest BCUT2D eigenvalue weighted by Crippen LogP contribution is 2.28. The van der Waals surface area contributed by atoms with Crippen LogP contribution in [0.25, 0.3) is 5.57 Å². The number of aryl methyl sites for hydroxylation is 2. The molecule has 0 unspecified atom stereocenters. The Morgan fingerprint density at radius 1 is 1.09 bits per heavy atom. The predicted molar refractivity (Wildman–Crippen MR) is 93.5 cm³/mol. The Balaban J connectivity index is 1.68. The van der Waals surface area contributed by atoms with Crippen molar-refractivity contribution in [3.63, 3.8) is 0 Å². The van der Waals surface area contributed by atoms with Crippen molar-refractivity contribution in [2.75, 3.05) is 13.1 Å². The summed E-state index contributed by atoms with van der Waals surface area (Å²) in [7, 11) is 0. The summed E-state index contributed by atoms with van der Waals surface area (Å²) in [5.41, 5.74) is 5.29. The van der Waals surface area contributed by atoms with Crippen LogP contribution in [0.4, 0.5) is 4.79 Å². The van der Waals surface area contributed by atoms with E-state index in [0.29, 0.717) is 6.54 Å². The van der Waals surface area contributed by atoms with Crippen molar-refractivity contribution >= 4 is 11.7 Å². The Labute approximate surface area is 139 Å². The third-order valence-electron chi connectivity index (χ3n) is 4.58. The molecule has 2 aliphatic rings. The summed E-state index contributed by atoms with van der Waals surface area (Å²) in [6.07, 6.45) is 7.93. The van der Waals surface area contributed by atoms with Crippen LogP contribution in [0.15, 0.2) is 24.3 Å². The maximum Gasteiger partial charge on any atom is 0.410 e. The SMILES string of the molecule is CC(C)(C)OC(=O)N1CC=C(c2ccc3c(c2)CCCC3)CC1. The Morgan fingerprint density at radius 2 is 1.83 bits per heavy atom. The van der Waals surface area contributed by atoms with Crippen LogP contribution in [0.5, 0.6) is 0 Å². The van der Waals surface area contributed by atoms with E-state index in [9.17, 15) is 4.79 Å². The predicted octanol–water partition coefficient (Wildman–Crippen LogP) is 4.59. The summed E-state index contributed by atoms with van der Waals surface area (Å²) in [6, 6.07) is 6.91. The lowest BCUT2D eigenvalue weighted by Gasteiger charge is -2.30. The maximum atomic E-state index is 12.1. The fourth-order valence-corrected chi connectivity index (χ4v) is 3.36. The van der Waals surface area contributed by atoms with Gasteiger partial charge in [-0.25, -0.2) is 4.79 Å². The molecule has 1 amide bonds. The first-order valence-electron chi connectivity index (χ1n) is 8.71. The summed E-state index contributed by atoms with van der Waals surface area (Å²) in [4.78, 5) is 13.9. The zero-order valence-electron chi connectivity index (χ0n) is 14.5. The number of amides is 1. The minimum Gasteiger partial charge on any atom is -0.444 e. The molecule has 1 aromatic carbocycles. The van der Waals surface area contributed by atoms with Crippen LogP contribution in [0.3, 0.4) is 0 Å². The van der Waals surface area contributed by atoms with Gasteiger partial charge in [0.05, 0.1) is 0 Å². The minimum atomic E-state index is -0.431. The molecular weight excluding hydrogens is 286 g/mol. The quantitative estimate of drug-likeness (QED) is 0.759. The van der Waals surface area contributed by atoms with E-state index in [0.717, 1.165) is 13.0 Å². The average Bonchev–Trinajstić information content (AvgIpc) is 2.53. The normalized spacial score (nSPS) is 18.2. The number of hydrogen-bond acceptors (Lipinski definition) is 2. The number of rotatable bonds is 1. The van der Waals surface area contributed by atoms with Crippen LogP contribution >= 0.6 is 0 Å². The van der Waals surface area contributed by atoms with E-state index >= 15 is 0 Å². The maximum absolute atomic E-state index is 12.1. The van der Waals surface area contributed by atoms with E-state index in [1.807, 2.05) is 20.8 Å². The molecule has 0 radical (unpaired) electrons. The molecule has 1 heterocycles. The lowest BCUT2D eigenvalue weighted by molar-refractivity contribution is 0.0270. The molecule has 1 aliphatic heterocycles. The second kappa shape index (κ2) is 6.38. The van der Waals surface area contributed by atoms with Crippen LogP contribution < -0.4 is 0 Å². The molecule has 3 rings (SSSR count). The van der Waals surface area contributed by atoms with Crippen LogP contribution in [0, 0.1) is 0 Å². The van der Waals surface area contributed by atoms with Crippen molar-refractivity contribution in [1.82, 2.24) is 4.90 Å². The second-order valence-corrected chi connectivity index (χ2v) is 7.60. The molecule has 0 saturated carbocycles. The largest absolute Gasteiger partial charge is 0.444 e. The van der Waals surface area contributed by atoms with Crippen LogP contribution in [0.2, 0.25) is 0 Å². The molecule has 0 N–H and O–H groups in total. The summed E-state index contributed by atoms with van der Waals surface area (Å²) >= 11 is 0. The van der Waals surface area contributed by atoms with Crippen molar-refractivity contribution in [2.45, 2.75) is 58.5 Å².